The first-order valence-corrected chi connectivity index (χ1v) is 8.16. The van der Waals surface area contributed by atoms with Gasteiger partial charge in [0.05, 0.1) is 0 Å². The minimum Gasteiger partial charge on any atom is -0.314 e. The normalized spacial score (nSPS) is 25.9. The first-order valence-electron chi connectivity index (χ1n) is 8.16. The molecule has 0 aromatic heterocycles. The molecule has 1 unspecified atom stereocenters. The van der Waals surface area contributed by atoms with Crippen molar-refractivity contribution in [3.05, 3.63) is 12.7 Å². The molecular formula is C17H33N. The Bertz CT molecular complexity index is 204. The topological polar surface area (TPSA) is 12.0 Å². The summed E-state index contributed by atoms with van der Waals surface area (Å²) in [4.78, 5) is 0. The van der Waals surface area contributed by atoms with Gasteiger partial charge in [0.1, 0.15) is 0 Å². The lowest BCUT2D eigenvalue weighted by Gasteiger charge is -2.34. The number of hydrogen-bond acceptors (Lipinski definition) is 1. The molecule has 106 valence electrons. The van der Waals surface area contributed by atoms with Crippen LogP contribution in [0.5, 0.6) is 0 Å². The molecule has 1 aliphatic rings. The zero-order valence-corrected chi connectivity index (χ0v) is 12.6. The Morgan fingerprint density at radius 1 is 1.17 bits per heavy atom. The van der Waals surface area contributed by atoms with E-state index in [9.17, 15) is 0 Å². The molecule has 1 fully saturated rings. The molecule has 1 N–H and O–H groups in total. The van der Waals surface area contributed by atoms with Crippen LogP contribution in [-0.2, 0) is 0 Å². The average molecular weight is 251 g/mol. The summed E-state index contributed by atoms with van der Waals surface area (Å²) >= 11 is 0. The summed E-state index contributed by atoms with van der Waals surface area (Å²) in [7, 11) is 0. The van der Waals surface area contributed by atoms with Crippen LogP contribution < -0.4 is 5.32 Å². The Hall–Kier alpha value is -0.300. The summed E-state index contributed by atoms with van der Waals surface area (Å²) < 4.78 is 0. The van der Waals surface area contributed by atoms with E-state index in [2.05, 4.69) is 31.8 Å². The van der Waals surface area contributed by atoms with Crippen molar-refractivity contribution in [1.29, 1.82) is 0 Å². The van der Waals surface area contributed by atoms with E-state index in [4.69, 9.17) is 0 Å². The van der Waals surface area contributed by atoms with Gasteiger partial charge in [0.25, 0.3) is 0 Å². The average Bonchev–Trinajstić information content (AvgIpc) is 2.41. The van der Waals surface area contributed by atoms with E-state index in [1.807, 2.05) is 0 Å². The maximum Gasteiger partial charge on any atom is 0.00982 e. The third-order valence-corrected chi connectivity index (χ3v) is 4.50. The predicted molar refractivity (Wildman–Crippen MR) is 81.9 cm³/mol. The van der Waals surface area contributed by atoms with Gasteiger partial charge in [-0.2, -0.15) is 0 Å². The van der Waals surface area contributed by atoms with E-state index >= 15 is 0 Å². The standard InChI is InChI=1S/C17H33N/c1-4-7-9-17(18-14-6-3)16-12-10-15(8-5-2)11-13-16/h4,15-18H,1,5-14H2,2-3H3. The lowest BCUT2D eigenvalue weighted by Crippen LogP contribution is -2.38. The van der Waals surface area contributed by atoms with Crippen molar-refractivity contribution in [3.8, 4) is 0 Å². The van der Waals surface area contributed by atoms with Crippen molar-refractivity contribution in [2.75, 3.05) is 6.54 Å². The van der Waals surface area contributed by atoms with Crippen LogP contribution in [-0.4, -0.2) is 12.6 Å². The maximum absolute atomic E-state index is 3.87. The van der Waals surface area contributed by atoms with Crippen molar-refractivity contribution in [3.63, 3.8) is 0 Å². The molecule has 0 spiro atoms. The van der Waals surface area contributed by atoms with Crippen LogP contribution in [0.1, 0.15) is 71.6 Å². The Balaban J connectivity index is 2.35. The van der Waals surface area contributed by atoms with Gasteiger partial charge in [-0.15, -0.1) is 6.58 Å². The lowest BCUT2D eigenvalue weighted by atomic mass is 9.76. The van der Waals surface area contributed by atoms with Crippen LogP contribution in [0, 0.1) is 11.8 Å². The summed E-state index contributed by atoms with van der Waals surface area (Å²) in [6, 6.07) is 0.741. The van der Waals surface area contributed by atoms with Gasteiger partial charge in [-0.25, -0.2) is 0 Å². The Kier molecular flexibility index (Phi) is 8.41. The molecule has 18 heavy (non-hydrogen) atoms. The van der Waals surface area contributed by atoms with Crippen molar-refractivity contribution >= 4 is 0 Å². The molecule has 0 aromatic rings. The highest BCUT2D eigenvalue weighted by atomic mass is 14.9. The molecule has 0 heterocycles. The fourth-order valence-corrected chi connectivity index (χ4v) is 3.42. The minimum atomic E-state index is 0.741. The Labute approximate surface area is 114 Å². The number of nitrogens with one attached hydrogen (secondary N) is 1. The highest BCUT2D eigenvalue weighted by Crippen LogP contribution is 2.34. The molecule has 0 aromatic carbocycles. The molecule has 0 saturated heterocycles. The van der Waals surface area contributed by atoms with Gasteiger partial charge in [0.2, 0.25) is 0 Å². The Morgan fingerprint density at radius 3 is 2.44 bits per heavy atom. The molecule has 1 saturated carbocycles. The van der Waals surface area contributed by atoms with Crippen LogP contribution in [0.2, 0.25) is 0 Å². The quantitative estimate of drug-likeness (QED) is 0.573. The van der Waals surface area contributed by atoms with Gasteiger partial charge in [0, 0.05) is 6.04 Å². The molecule has 0 aliphatic heterocycles. The fourth-order valence-electron chi connectivity index (χ4n) is 3.42. The summed E-state index contributed by atoms with van der Waals surface area (Å²) in [5.74, 6) is 1.95. The third kappa shape index (κ3) is 5.56. The fraction of sp³-hybridized carbons (Fsp3) is 0.882. The monoisotopic (exact) mass is 251 g/mol. The van der Waals surface area contributed by atoms with Gasteiger partial charge in [0.15, 0.2) is 0 Å². The molecule has 0 bridgehead atoms. The van der Waals surface area contributed by atoms with Crippen molar-refractivity contribution in [1.82, 2.24) is 5.32 Å². The first-order chi connectivity index (χ1) is 8.81. The van der Waals surface area contributed by atoms with Crippen LogP contribution in [0.4, 0.5) is 0 Å². The molecule has 1 rings (SSSR count). The van der Waals surface area contributed by atoms with Gasteiger partial charge in [-0.1, -0.05) is 45.6 Å². The van der Waals surface area contributed by atoms with Gasteiger partial charge >= 0.3 is 0 Å². The minimum absolute atomic E-state index is 0.741. The zero-order chi connectivity index (χ0) is 13.2. The van der Waals surface area contributed by atoms with E-state index in [1.54, 1.807) is 0 Å². The van der Waals surface area contributed by atoms with Crippen LogP contribution in [0.25, 0.3) is 0 Å². The van der Waals surface area contributed by atoms with E-state index in [-0.39, 0.29) is 0 Å². The van der Waals surface area contributed by atoms with Crippen LogP contribution >= 0.6 is 0 Å². The molecule has 0 radical (unpaired) electrons. The highest BCUT2D eigenvalue weighted by molar-refractivity contribution is 4.84. The zero-order valence-electron chi connectivity index (χ0n) is 12.6. The highest BCUT2D eigenvalue weighted by Gasteiger charge is 2.26. The number of rotatable bonds is 9. The molecule has 1 aliphatic carbocycles. The molecular weight excluding hydrogens is 218 g/mol. The smallest absolute Gasteiger partial charge is 0.00982 e. The predicted octanol–water partition coefficient (Wildman–Crippen LogP) is 4.93. The summed E-state index contributed by atoms with van der Waals surface area (Å²) in [6.07, 6.45) is 14.4. The molecule has 1 atom stereocenters. The second kappa shape index (κ2) is 9.61. The Morgan fingerprint density at radius 2 is 1.89 bits per heavy atom. The van der Waals surface area contributed by atoms with E-state index < -0.39 is 0 Å². The second-order valence-electron chi connectivity index (χ2n) is 6.00. The largest absolute Gasteiger partial charge is 0.314 e. The first kappa shape index (κ1) is 15.8. The molecule has 1 heteroatoms. The van der Waals surface area contributed by atoms with Crippen molar-refractivity contribution < 1.29 is 0 Å². The maximum atomic E-state index is 3.87. The van der Waals surface area contributed by atoms with Gasteiger partial charge in [-0.05, 0) is 50.5 Å². The second-order valence-corrected chi connectivity index (χ2v) is 6.00. The van der Waals surface area contributed by atoms with Gasteiger partial charge in [-0.3, -0.25) is 0 Å². The SMILES string of the molecule is C=CCCC(NCCC)C1CCC(CCC)CC1. The summed E-state index contributed by atoms with van der Waals surface area (Å²) in [5.41, 5.74) is 0. The number of allylic oxidation sites excluding steroid dienone is 1. The van der Waals surface area contributed by atoms with E-state index in [1.165, 1.54) is 57.9 Å². The van der Waals surface area contributed by atoms with Crippen LogP contribution in [0.3, 0.4) is 0 Å². The molecule has 1 nitrogen and oxygen atoms in total. The van der Waals surface area contributed by atoms with Crippen molar-refractivity contribution in [2.24, 2.45) is 11.8 Å². The van der Waals surface area contributed by atoms with E-state index in [0.717, 1.165) is 24.3 Å². The molecule has 0 amide bonds. The summed E-state index contributed by atoms with van der Waals surface area (Å²) in [6.45, 7) is 9.62. The van der Waals surface area contributed by atoms with Gasteiger partial charge < -0.3 is 5.32 Å². The lowest BCUT2D eigenvalue weighted by molar-refractivity contribution is 0.208. The van der Waals surface area contributed by atoms with E-state index in [0.29, 0.717) is 0 Å². The van der Waals surface area contributed by atoms with Crippen molar-refractivity contribution in [2.45, 2.75) is 77.7 Å². The third-order valence-electron chi connectivity index (χ3n) is 4.50. The number of hydrogen-bond donors (Lipinski definition) is 1. The summed E-state index contributed by atoms with van der Waals surface area (Å²) in [5, 5.41) is 3.77. The van der Waals surface area contributed by atoms with Crippen LogP contribution in [0.15, 0.2) is 12.7 Å².